The van der Waals surface area contributed by atoms with Gasteiger partial charge in [0.2, 0.25) is 5.91 Å². The van der Waals surface area contributed by atoms with E-state index < -0.39 is 7.60 Å². The molecule has 0 aliphatic heterocycles. The van der Waals surface area contributed by atoms with Gasteiger partial charge < -0.3 is 24.2 Å². The van der Waals surface area contributed by atoms with Gasteiger partial charge in [-0.05, 0) is 54.4 Å². The molecule has 0 bridgehead atoms. The second-order valence-corrected chi connectivity index (χ2v) is 9.79. The van der Waals surface area contributed by atoms with E-state index in [4.69, 9.17) is 0 Å². The summed E-state index contributed by atoms with van der Waals surface area (Å²) in [5.74, 6) is -0.186. The van der Waals surface area contributed by atoms with E-state index in [1.807, 2.05) is 37.4 Å². The van der Waals surface area contributed by atoms with Crippen LogP contribution in [0.25, 0.3) is 0 Å². The van der Waals surface area contributed by atoms with Crippen LogP contribution in [-0.4, -0.2) is 33.5 Å². The van der Waals surface area contributed by atoms with Crippen LogP contribution in [0.15, 0.2) is 54.7 Å². The topological polar surface area (TPSA) is 97.2 Å². The third-order valence-electron chi connectivity index (χ3n) is 5.82. The van der Waals surface area contributed by atoms with Crippen LogP contribution in [0.3, 0.4) is 0 Å². The molecule has 1 amide bonds. The molecule has 176 valence electrons. The van der Waals surface area contributed by atoms with Gasteiger partial charge in [0.25, 0.3) is 0 Å². The summed E-state index contributed by atoms with van der Waals surface area (Å²) in [5.41, 5.74) is 4.99. The Morgan fingerprint density at radius 1 is 1.03 bits per heavy atom. The fourth-order valence-corrected chi connectivity index (χ4v) is 5.08. The van der Waals surface area contributed by atoms with Crippen molar-refractivity contribution in [2.24, 2.45) is 0 Å². The van der Waals surface area contributed by atoms with Gasteiger partial charge in [-0.25, -0.2) is 0 Å². The molecule has 6 nitrogen and oxygen atoms in total. The zero-order valence-electron chi connectivity index (χ0n) is 20.2. The summed E-state index contributed by atoms with van der Waals surface area (Å²) in [7, 11) is -4.95. The molecule has 0 unspecified atom stereocenters. The molecule has 0 aliphatic carbocycles. The third-order valence-corrected chi connectivity index (χ3v) is 6.83. The number of hydrogen-bond donors (Lipinski definition) is 1. The number of hydrogen-bond acceptors (Lipinski definition) is 4. The fraction of sp³-hybridized carbons (Fsp3) is 0.346. The van der Waals surface area contributed by atoms with Crippen LogP contribution in [0.4, 0.5) is 5.69 Å². The number of nitrogens with zero attached hydrogens (tertiary/aromatic N) is 1. The Labute approximate surface area is 218 Å². The molecule has 3 rings (SSSR count). The van der Waals surface area contributed by atoms with Crippen molar-refractivity contribution in [3.63, 3.8) is 0 Å². The average Bonchev–Trinajstić information content (AvgIpc) is 3.07. The van der Waals surface area contributed by atoms with Gasteiger partial charge >= 0.3 is 23.1 Å². The van der Waals surface area contributed by atoms with E-state index >= 15 is 0 Å². The molecular formula is C26H31MgN2O4P. The number of unbranched alkanes of at least 4 members (excludes halogenated alkanes) is 1. The van der Waals surface area contributed by atoms with Crippen molar-refractivity contribution in [3.05, 3.63) is 82.7 Å². The van der Waals surface area contributed by atoms with Crippen molar-refractivity contribution in [1.29, 1.82) is 0 Å². The second kappa shape index (κ2) is 12.7. The minimum atomic E-state index is -4.95. The van der Waals surface area contributed by atoms with Crippen molar-refractivity contribution < 1.29 is 19.1 Å². The monoisotopic (exact) mass is 490 g/mol. The Morgan fingerprint density at radius 3 is 2.32 bits per heavy atom. The molecule has 1 heterocycles. The number of rotatable bonds is 10. The number of aryl methyl sites for hydroxylation is 1. The van der Waals surface area contributed by atoms with Gasteiger partial charge in [0.05, 0.1) is 5.69 Å². The van der Waals surface area contributed by atoms with Gasteiger partial charge in [-0.3, -0.25) is 4.79 Å². The number of nitrogens with one attached hydrogen (secondary N) is 1. The molecule has 0 spiro atoms. The second-order valence-electron chi connectivity index (χ2n) is 8.32. The van der Waals surface area contributed by atoms with Gasteiger partial charge in [0.15, 0.2) is 0 Å². The van der Waals surface area contributed by atoms with Gasteiger partial charge in [0, 0.05) is 31.8 Å². The predicted octanol–water partition coefficient (Wildman–Crippen LogP) is 3.15. The summed E-state index contributed by atoms with van der Waals surface area (Å²) in [6.07, 6.45) is 5.58. The van der Waals surface area contributed by atoms with E-state index in [0.717, 1.165) is 47.3 Å². The first-order valence-corrected chi connectivity index (χ1v) is 12.9. The maximum Gasteiger partial charge on any atom is 2.00 e. The molecule has 34 heavy (non-hydrogen) atoms. The normalized spacial score (nSPS) is 11.2. The van der Waals surface area contributed by atoms with Gasteiger partial charge in [-0.2, -0.15) is 0 Å². The van der Waals surface area contributed by atoms with Crippen molar-refractivity contribution >= 4 is 47.5 Å². The first-order valence-electron chi connectivity index (χ1n) is 11.4. The largest absolute Gasteiger partial charge is 2.00 e. The van der Waals surface area contributed by atoms with E-state index in [9.17, 15) is 19.1 Å². The Hall–Kier alpha value is -1.89. The minimum Gasteiger partial charge on any atom is -0.807 e. The number of anilines is 1. The Morgan fingerprint density at radius 2 is 1.74 bits per heavy atom. The molecule has 0 aliphatic rings. The summed E-state index contributed by atoms with van der Waals surface area (Å²) >= 11 is 0. The summed E-state index contributed by atoms with van der Waals surface area (Å²) < 4.78 is 14.2. The van der Waals surface area contributed by atoms with Crippen molar-refractivity contribution in [2.75, 3.05) is 5.32 Å². The molecule has 0 radical (unpaired) electrons. The predicted molar refractivity (Wildman–Crippen MR) is 135 cm³/mol. The van der Waals surface area contributed by atoms with Crippen LogP contribution in [0, 0.1) is 0 Å². The summed E-state index contributed by atoms with van der Waals surface area (Å²) in [6.45, 7) is 6.16. The van der Waals surface area contributed by atoms with Crippen molar-refractivity contribution in [1.82, 2.24) is 4.57 Å². The van der Waals surface area contributed by atoms with Crippen LogP contribution < -0.4 is 20.4 Å². The first kappa shape index (κ1) is 28.3. The van der Waals surface area contributed by atoms with Crippen molar-refractivity contribution in [3.8, 4) is 0 Å². The molecule has 0 saturated carbocycles. The van der Waals surface area contributed by atoms with Gasteiger partial charge in [-0.15, -0.1) is 0 Å². The molecule has 1 N–H and O–H groups in total. The van der Waals surface area contributed by atoms with Crippen LogP contribution in [0.5, 0.6) is 0 Å². The van der Waals surface area contributed by atoms with Crippen molar-refractivity contribution in [2.45, 2.75) is 59.4 Å². The van der Waals surface area contributed by atoms with E-state index in [1.54, 1.807) is 6.07 Å². The van der Waals surface area contributed by atoms with Gasteiger partial charge in [-0.1, -0.05) is 68.8 Å². The van der Waals surface area contributed by atoms with Crippen LogP contribution in [0.2, 0.25) is 0 Å². The number of benzene rings is 2. The smallest absolute Gasteiger partial charge is 0.807 e. The molecule has 0 fully saturated rings. The Kier molecular flexibility index (Phi) is 10.6. The van der Waals surface area contributed by atoms with E-state index in [-0.39, 0.29) is 40.7 Å². The standard InChI is InChI=1S/C26H33N2O4P.Mg/c1-4-6-14-24-26(27-19(3)29)22(18-28(24)17-20-11-8-7-9-12-20)16-23-21(5-2)13-10-15-25(23)33(30,31)32;/h7-13,15,18H,4-6,14,16-17H2,1-3H3,(H,27,29)(H2,30,31,32);/q;+2/p-2. The average molecular weight is 491 g/mol. The molecule has 3 aromatic rings. The Balaban J connectivity index is 0.00000408. The zero-order valence-corrected chi connectivity index (χ0v) is 22.5. The number of carbonyl (C=O) groups excluding carboxylic acids is 1. The quantitative estimate of drug-likeness (QED) is 0.349. The van der Waals surface area contributed by atoms with E-state index in [2.05, 4.69) is 28.9 Å². The maximum absolute atomic E-state index is 12.1. The number of amides is 1. The molecule has 2 aromatic carbocycles. The van der Waals surface area contributed by atoms with Crippen LogP contribution >= 0.6 is 7.60 Å². The minimum absolute atomic E-state index is 0. The van der Waals surface area contributed by atoms with Gasteiger partial charge in [0.1, 0.15) is 0 Å². The molecule has 0 atom stereocenters. The SMILES string of the molecule is CCCCc1c(NC(C)=O)c(Cc2c(CC)cccc2P(=O)([O-])[O-])cn1Cc1ccccc1.[Mg+2]. The fourth-order valence-electron chi connectivity index (χ4n) is 4.26. The zero-order chi connectivity index (χ0) is 24.0. The third kappa shape index (κ3) is 7.06. The number of carbonyl (C=O) groups is 1. The molecule has 1 aromatic heterocycles. The summed E-state index contributed by atoms with van der Waals surface area (Å²) in [4.78, 5) is 36.1. The summed E-state index contributed by atoms with van der Waals surface area (Å²) in [5, 5.41) is 2.82. The molecular weight excluding hydrogens is 460 g/mol. The van der Waals surface area contributed by atoms with Crippen LogP contribution in [-0.2, 0) is 35.2 Å². The molecule has 0 saturated heterocycles. The maximum atomic E-state index is 12.1. The van der Waals surface area contributed by atoms with Crippen LogP contribution in [0.1, 0.15) is 61.6 Å². The first-order chi connectivity index (χ1) is 15.7. The molecule has 8 heteroatoms. The van der Waals surface area contributed by atoms with E-state index in [1.165, 1.54) is 13.0 Å². The number of aromatic nitrogens is 1. The van der Waals surface area contributed by atoms with E-state index in [0.29, 0.717) is 18.5 Å². The Bertz CT molecular complexity index is 1160. The summed E-state index contributed by atoms with van der Waals surface area (Å²) in [6, 6.07) is 14.9.